The van der Waals surface area contributed by atoms with Crippen LogP contribution >= 0.6 is 15.9 Å². The molecule has 1 aliphatic rings. The highest BCUT2D eigenvalue weighted by Gasteiger charge is 2.31. The molecule has 2 rings (SSSR count). The van der Waals surface area contributed by atoms with Crippen LogP contribution in [0.2, 0.25) is 0 Å². The van der Waals surface area contributed by atoms with E-state index >= 15 is 0 Å². The second-order valence-electron chi connectivity index (χ2n) is 6.28. The molecule has 1 aromatic rings. The second kappa shape index (κ2) is 6.27. The van der Waals surface area contributed by atoms with Crippen molar-refractivity contribution in [3.63, 3.8) is 0 Å². The van der Waals surface area contributed by atoms with Gasteiger partial charge in [-0.15, -0.1) is 0 Å². The second-order valence-corrected chi connectivity index (χ2v) is 7.13. The SMILES string of the molecule is CC1(C)CCCCC1NCc1ccc(C(=O)O)cc1Br. The van der Waals surface area contributed by atoms with Crippen LogP contribution in [0.4, 0.5) is 0 Å². The van der Waals surface area contributed by atoms with E-state index in [-0.39, 0.29) is 0 Å². The molecule has 3 nitrogen and oxygen atoms in total. The van der Waals surface area contributed by atoms with Crippen molar-refractivity contribution in [3.05, 3.63) is 33.8 Å². The first-order valence-corrected chi connectivity index (χ1v) is 7.94. The number of hydrogen-bond donors (Lipinski definition) is 2. The zero-order valence-corrected chi connectivity index (χ0v) is 13.7. The Kier molecular flexibility index (Phi) is 4.86. The molecule has 0 heterocycles. The monoisotopic (exact) mass is 339 g/mol. The smallest absolute Gasteiger partial charge is 0.335 e. The largest absolute Gasteiger partial charge is 0.478 e. The van der Waals surface area contributed by atoms with Gasteiger partial charge < -0.3 is 10.4 Å². The fourth-order valence-corrected chi connectivity index (χ4v) is 3.45. The maximum atomic E-state index is 10.9. The van der Waals surface area contributed by atoms with E-state index in [0.717, 1.165) is 16.6 Å². The van der Waals surface area contributed by atoms with Crippen LogP contribution in [0.25, 0.3) is 0 Å². The molecule has 0 radical (unpaired) electrons. The van der Waals surface area contributed by atoms with E-state index in [2.05, 4.69) is 35.1 Å². The van der Waals surface area contributed by atoms with E-state index < -0.39 is 5.97 Å². The number of halogens is 1. The van der Waals surface area contributed by atoms with Crippen LogP contribution in [0.15, 0.2) is 22.7 Å². The topological polar surface area (TPSA) is 49.3 Å². The van der Waals surface area contributed by atoms with E-state index in [1.165, 1.54) is 25.7 Å². The molecule has 0 bridgehead atoms. The van der Waals surface area contributed by atoms with E-state index in [0.29, 0.717) is 17.0 Å². The normalized spacial score (nSPS) is 21.6. The van der Waals surface area contributed by atoms with Gasteiger partial charge in [-0.1, -0.05) is 48.7 Å². The average molecular weight is 340 g/mol. The zero-order valence-electron chi connectivity index (χ0n) is 12.1. The van der Waals surface area contributed by atoms with Crippen LogP contribution in [0.1, 0.15) is 55.5 Å². The minimum atomic E-state index is -0.890. The molecule has 1 aliphatic carbocycles. The number of carboxylic acids is 1. The van der Waals surface area contributed by atoms with Crippen molar-refractivity contribution in [1.82, 2.24) is 5.32 Å². The van der Waals surface area contributed by atoms with Crippen LogP contribution in [-0.2, 0) is 6.54 Å². The summed E-state index contributed by atoms with van der Waals surface area (Å²) in [4.78, 5) is 10.9. The molecule has 0 amide bonds. The summed E-state index contributed by atoms with van der Waals surface area (Å²) in [6.45, 7) is 5.42. The van der Waals surface area contributed by atoms with Crippen molar-refractivity contribution >= 4 is 21.9 Å². The molecular formula is C16H22BrNO2. The summed E-state index contributed by atoms with van der Waals surface area (Å²) in [6, 6.07) is 5.75. The van der Waals surface area contributed by atoms with Gasteiger partial charge in [-0.2, -0.15) is 0 Å². The van der Waals surface area contributed by atoms with Crippen LogP contribution in [-0.4, -0.2) is 17.1 Å². The van der Waals surface area contributed by atoms with Crippen LogP contribution < -0.4 is 5.32 Å². The van der Waals surface area contributed by atoms with Crippen molar-refractivity contribution in [2.75, 3.05) is 0 Å². The number of carbonyl (C=O) groups is 1. The first-order chi connectivity index (χ1) is 9.40. The molecule has 1 unspecified atom stereocenters. The third-order valence-electron chi connectivity index (χ3n) is 4.35. The van der Waals surface area contributed by atoms with Gasteiger partial charge in [-0.3, -0.25) is 0 Å². The van der Waals surface area contributed by atoms with Crippen LogP contribution in [0, 0.1) is 5.41 Å². The molecule has 0 aromatic heterocycles. The van der Waals surface area contributed by atoms with Crippen molar-refractivity contribution in [3.8, 4) is 0 Å². The Labute approximate surface area is 128 Å². The molecule has 0 aliphatic heterocycles. The fraction of sp³-hybridized carbons (Fsp3) is 0.562. The first-order valence-electron chi connectivity index (χ1n) is 7.15. The molecule has 1 saturated carbocycles. The van der Waals surface area contributed by atoms with E-state index in [1.54, 1.807) is 12.1 Å². The number of hydrogen-bond acceptors (Lipinski definition) is 2. The third-order valence-corrected chi connectivity index (χ3v) is 5.08. The van der Waals surface area contributed by atoms with Gasteiger partial charge in [-0.05, 0) is 36.0 Å². The number of benzene rings is 1. The van der Waals surface area contributed by atoms with E-state index in [1.807, 2.05) is 6.07 Å². The van der Waals surface area contributed by atoms with Gasteiger partial charge in [0.05, 0.1) is 5.56 Å². The molecule has 0 spiro atoms. The summed E-state index contributed by atoms with van der Waals surface area (Å²) in [5.41, 5.74) is 1.76. The maximum absolute atomic E-state index is 10.9. The Hall–Kier alpha value is -0.870. The number of aromatic carboxylic acids is 1. The van der Waals surface area contributed by atoms with Crippen molar-refractivity contribution in [2.24, 2.45) is 5.41 Å². The van der Waals surface area contributed by atoms with Crippen molar-refractivity contribution in [2.45, 2.75) is 52.1 Å². The molecule has 1 aromatic carbocycles. The fourth-order valence-electron chi connectivity index (χ4n) is 2.93. The summed E-state index contributed by atoms with van der Waals surface area (Å²) >= 11 is 3.47. The Morgan fingerprint density at radius 2 is 2.20 bits per heavy atom. The Balaban J connectivity index is 2.02. The lowest BCUT2D eigenvalue weighted by molar-refractivity contribution is 0.0697. The Morgan fingerprint density at radius 3 is 2.80 bits per heavy atom. The van der Waals surface area contributed by atoms with Crippen molar-refractivity contribution in [1.29, 1.82) is 0 Å². The van der Waals surface area contributed by atoms with Gasteiger partial charge in [0.1, 0.15) is 0 Å². The predicted molar refractivity (Wildman–Crippen MR) is 84.0 cm³/mol. The number of rotatable bonds is 4. The molecule has 1 atom stereocenters. The lowest BCUT2D eigenvalue weighted by Crippen LogP contribution is -2.43. The van der Waals surface area contributed by atoms with E-state index in [9.17, 15) is 4.79 Å². The third kappa shape index (κ3) is 3.61. The molecule has 110 valence electrons. The minimum Gasteiger partial charge on any atom is -0.478 e. The Bertz CT molecular complexity index is 499. The molecule has 4 heteroatoms. The molecular weight excluding hydrogens is 318 g/mol. The summed E-state index contributed by atoms with van der Waals surface area (Å²) in [7, 11) is 0. The summed E-state index contributed by atoms with van der Waals surface area (Å²) in [5, 5.41) is 12.6. The van der Waals surface area contributed by atoms with Gasteiger partial charge in [-0.25, -0.2) is 4.79 Å². The van der Waals surface area contributed by atoms with Gasteiger partial charge >= 0.3 is 5.97 Å². The highest BCUT2D eigenvalue weighted by atomic mass is 79.9. The van der Waals surface area contributed by atoms with Gasteiger partial charge in [0.15, 0.2) is 0 Å². The first kappa shape index (κ1) is 15.5. The lowest BCUT2D eigenvalue weighted by atomic mass is 9.73. The lowest BCUT2D eigenvalue weighted by Gasteiger charge is -2.39. The van der Waals surface area contributed by atoms with Crippen LogP contribution in [0.5, 0.6) is 0 Å². The Morgan fingerprint density at radius 1 is 1.45 bits per heavy atom. The summed E-state index contributed by atoms with van der Waals surface area (Å²) in [6.07, 6.45) is 5.10. The number of carboxylic acid groups (broad SMARTS) is 1. The number of nitrogens with one attached hydrogen (secondary N) is 1. The zero-order chi connectivity index (χ0) is 14.8. The van der Waals surface area contributed by atoms with Crippen LogP contribution in [0.3, 0.4) is 0 Å². The van der Waals surface area contributed by atoms with Gasteiger partial charge in [0.25, 0.3) is 0 Å². The van der Waals surface area contributed by atoms with Gasteiger partial charge in [0.2, 0.25) is 0 Å². The highest BCUT2D eigenvalue weighted by molar-refractivity contribution is 9.10. The molecule has 1 fully saturated rings. The standard InChI is InChI=1S/C16H22BrNO2/c1-16(2)8-4-3-5-14(16)18-10-12-7-6-11(15(19)20)9-13(12)17/h6-7,9,14,18H,3-5,8,10H2,1-2H3,(H,19,20). The molecule has 0 saturated heterocycles. The average Bonchev–Trinajstić information content (AvgIpc) is 2.38. The predicted octanol–water partition coefficient (Wildman–Crippen LogP) is 4.21. The quantitative estimate of drug-likeness (QED) is 0.863. The van der Waals surface area contributed by atoms with Crippen molar-refractivity contribution < 1.29 is 9.90 Å². The highest BCUT2D eigenvalue weighted by Crippen LogP contribution is 2.35. The summed E-state index contributed by atoms with van der Waals surface area (Å²) in [5.74, 6) is -0.890. The maximum Gasteiger partial charge on any atom is 0.335 e. The minimum absolute atomic E-state index is 0.318. The molecule has 2 N–H and O–H groups in total. The summed E-state index contributed by atoms with van der Waals surface area (Å²) < 4.78 is 0.860. The molecule has 20 heavy (non-hydrogen) atoms. The van der Waals surface area contributed by atoms with Gasteiger partial charge in [0, 0.05) is 17.1 Å². The van der Waals surface area contributed by atoms with E-state index in [4.69, 9.17) is 5.11 Å².